The van der Waals surface area contributed by atoms with Crippen LogP contribution >= 0.6 is 0 Å². The van der Waals surface area contributed by atoms with Crippen molar-refractivity contribution in [1.29, 1.82) is 0 Å². The van der Waals surface area contributed by atoms with E-state index in [4.69, 9.17) is 9.15 Å². The van der Waals surface area contributed by atoms with Crippen LogP contribution in [0, 0.1) is 6.92 Å². The molecule has 0 aliphatic heterocycles. The summed E-state index contributed by atoms with van der Waals surface area (Å²) >= 11 is 0. The fourth-order valence-corrected chi connectivity index (χ4v) is 5.16. The van der Waals surface area contributed by atoms with Crippen LogP contribution in [0.1, 0.15) is 16.9 Å². The van der Waals surface area contributed by atoms with E-state index in [9.17, 15) is 18.0 Å². The van der Waals surface area contributed by atoms with E-state index in [1.165, 1.54) is 24.6 Å². The molecule has 206 valence electrons. The number of nitrogens with zero attached hydrogens (tertiary/aromatic N) is 2. The van der Waals surface area contributed by atoms with Crippen molar-refractivity contribution in [3.05, 3.63) is 114 Å². The summed E-state index contributed by atoms with van der Waals surface area (Å²) < 4.78 is 38.5. The summed E-state index contributed by atoms with van der Waals surface area (Å²) in [6.07, 6.45) is 2.95. The highest BCUT2D eigenvalue weighted by atomic mass is 32.2. The average Bonchev–Trinajstić information content (AvgIpc) is 3.49. The number of benzene rings is 3. The summed E-state index contributed by atoms with van der Waals surface area (Å²) in [6, 6.07) is 25.1. The monoisotopic (exact) mass is 560 g/mol. The first-order valence-electron chi connectivity index (χ1n) is 12.3. The lowest BCUT2D eigenvalue weighted by Gasteiger charge is -2.25. The minimum absolute atomic E-state index is 0.0758. The number of hydrogen-bond acceptors (Lipinski definition) is 7. The molecule has 0 saturated heterocycles. The van der Waals surface area contributed by atoms with Crippen LogP contribution in [0.3, 0.4) is 0 Å². The van der Waals surface area contributed by atoms with Crippen LogP contribution in [0.2, 0.25) is 0 Å². The maximum Gasteiger partial charge on any atom is 0.264 e. The predicted octanol–water partition coefficient (Wildman–Crippen LogP) is 3.63. The van der Waals surface area contributed by atoms with Gasteiger partial charge in [-0.05, 0) is 72.6 Å². The molecule has 11 heteroatoms. The van der Waals surface area contributed by atoms with Gasteiger partial charge in [0.1, 0.15) is 18.1 Å². The first-order valence-corrected chi connectivity index (χ1v) is 13.7. The van der Waals surface area contributed by atoms with E-state index in [1.807, 2.05) is 0 Å². The van der Waals surface area contributed by atoms with Crippen molar-refractivity contribution in [3.8, 4) is 5.75 Å². The molecular formula is C29H28N4O6S. The van der Waals surface area contributed by atoms with E-state index >= 15 is 0 Å². The number of anilines is 1. The zero-order valence-corrected chi connectivity index (χ0v) is 22.5. The normalized spacial score (nSPS) is 11.2. The van der Waals surface area contributed by atoms with Crippen LogP contribution in [0.4, 0.5) is 5.69 Å². The molecule has 4 rings (SSSR count). The van der Waals surface area contributed by atoms with Crippen molar-refractivity contribution in [3.63, 3.8) is 0 Å². The summed E-state index contributed by atoms with van der Waals surface area (Å²) in [7, 11) is -4.01. The third-order valence-electron chi connectivity index (χ3n) is 5.70. The number of amides is 2. The maximum absolute atomic E-state index is 13.4. The topological polar surface area (TPSA) is 130 Å². The second-order valence-electron chi connectivity index (χ2n) is 8.62. The van der Waals surface area contributed by atoms with E-state index in [-0.39, 0.29) is 24.0 Å². The number of hydrogen-bond donors (Lipinski definition) is 2. The second kappa shape index (κ2) is 13.3. The molecule has 0 unspecified atom stereocenters. The number of carbonyl (C=O) groups excluding carboxylic acids is 2. The Labute approximate surface area is 232 Å². The number of nitrogens with one attached hydrogen (secondary N) is 2. The number of para-hydroxylation sites is 1. The number of furan rings is 1. The molecule has 1 aromatic heterocycles. The molecule has 40 heavy (non-hydrogen) atoms. The third-order valence-corrected chi connectivity index (χ3v) is 7.47. The Morgan fingerprint density at radius 2 is 1.65 bits per heavy atom. The second-order valence-corrected chi connectivity index (χ2v) is 10.5. The molecule has 0 saturated carbocycles. The molecule has 0 aliphatic carbocycles. The largest absolute Gasteiger partial charge is 0.484 e. The highest BCUT2D eigenvalue weighted by Gasteiger charge is 2.28. The Morgan fingerprint density at radius 1 is 0.925 bits per heavy atom. The van der Waals surface area contributed by atoms with E-state index < -0.39 is 22.5 Å². The van der Waals surface area contributed by atoms with Crippen molar-refractivity contribution >= 4 is 33.7 Å². The lowest BCUT2D eigenvalue weighted by atomic mass is 10.2. The molecule has 2 N–H and O–H groups in total. The summed E-state index contributed by atoms with van der Waals surface area (Å²) in [5.41, 5.74) is 4.15. The van der Waals surface area contributed by atoms with E-state index in [1.54, 1.807) is 85.8 Å². The zero-order chi connectivity index (χ0) is 28.4. The van der Waals surface area contributed by atoms with Gasteiger partial charge in [-0.2, -0.15) is 5.10 Å². The average molecular weight is 561 g/mol. The van der Waals surface area contributed by atoms with Gasteiger partial charge in [-0.25, -0.2) is 13.8 Å². The molecule has 10 nitrogen and oxygen atoms in total. The molecule has 0 fully saturated rings. The van der Waals surface area contributed by atoms with E-state index in [0.29, 0.717) is 28.3 Å². The number of carbonyl (C=O) groups is 2. The Morgan fingerprint density at radius 3 is 2.35 bits per heavy atom. The molecule has 2 amide bonds. The highest BCUT2D eigenvalue weighted by Crippen LogP contribution is 2.26. The lowest BCUT2D eigenvalue weighted by Crippen LogP contribution is -2.40. The van der Waals surface area contributed by atoms with Gasteiger partial charge in [0.25, 0.3) is 21.8 Å². The van der Waals surface area contributed by atoms with Crippen LogP contribution in [-0.2, 0) is 26.2 Å². The predicted molar refractivity (Wildman–Crippen MR) is 150 cm³/mol. The Hall–Kier alpha value is -4.90. The molecule has 0 bridgehead atoms. The zero-order valence-electron chi connectivity index (χ0n) is 21.7. The molecule has 4 aromatic rings. The third kappa shape index (κ3) is 7.58. The molecule has 1 heterocycles. The molecule has 3 aromatic carbocycles. The summed E-state index contributed by atoms with van der Waals surface area (Å²) in [6.45, 7) is 1.43. The van der Waals surface area contributed by atoms with Gasteiger partial charge in [-0.15, -0.1) is 0 Å². The van der Waals surface area contributed by atoms with Crippen molar-refractivity contribution in [1.82, 2.24) is 10.7 Å². The van der Waals surface area contributed by atoms with Gasteiger partial charge in [0.15, 0.2) is 6.61 Å². The van der Waals surface area contributed by atoms with Crippen LogP contribution in [0.5, 0.6) is 5.75 Å². The number of sulfonamides is 1. The molecule has 0 spiro atoms. The van der Waals surface area contributed by atoms with Gasteiger partial charge in [0.2, 0.25) is 0 Å². The quantitative estimate of drug-likeness (QED) is 0.201. The summed E-state index contributed by atoms with van der Waals surface area (Å²) in [5.74, 6) is 0.220. The van der Waals surface area contributed by atoms with Gasteiger partial charge in [0.05, 0.1) is 29.6 Å². The van der Waals surface area contributed by atoms with Gasteiger partial charge in [0, 0.05) is 0 Å². The molecule has 0 atom stereocenters. The minimum Gasteiger partial charge on any atom is -0.484 e. The highest BCUT2D eigenvalue weighted by molar-refractivity contribution is 7.92. The lowest BCUT2D eigenvalue weighted by molar-refractivity contribution is -0.123. The number of hydrazone groups is 1. The minimum atomic E-state index is -4.01. The van der Waals surface area contributed by atoms with Crippen LogP contribution in [0.25, 0.3) is 0 Å². The Kier molecular flexibility index (Phi) is 9.31. The smallest absolute Gasteiger partial charge is 0.264 e. The Balaban J connectivity index is 1.33. The Bertz CT molecular complexity index is 1550. The maximum atomic E-state index is 13.4. The number of aryl methyl sites for hydroxylation is 1. The first kappa shape index (κ1) is 28.1. The first-order chi connectivity index (χ1) is 19.3. The molecular weight excluding hydrogens is 532 g/mol. The van der Waals surface area contributed by atoms with Crippen molar-refractivity contribution < 1.29 is 27.2 Å². The number of rotatable bonds is 12. The van der Waals surface area contributed by atoms with Crippen LogP contribution < -0.4 is 19.8 Å². The fourth-order valence-electron chi connectivity index (χ4n) is 3.66. The van der Waals surface area contributed by atoms with Crippen molar-refractivity contribution in [2.24, 2.45) is 5.10 Å². The van der Waals surface area contributed by atoms with Gasteiger partial charge >= 0.3 is 0 Å². The van der Waals surface area contributed by atoms with Gasteiger partial charge in [-0.1, -0.05) is 36.4 Å². The van der Waals surface area contributed by atoms with Crippen LogP contribution in [-0.4, -0.2) is 39.6 Å². The van der Waals surface area contributed by atoms with Gasteiger partial charge < -0.3 is 14.5 Å². The standard InChI is InChI=1S/C29H28N4O6S/c1-22-8-5-6-12-27(22)33(40(36,37)26-10-3-2-4-11-26)20-28(34)32-31-18-23-13-15-24(16-14-23)39-21-29(35)30-19-25-9-7-17-38-25/h2-18H,19-21H2,1H3,(H,30,35)(H,32,34). The van der Waals surface area contributed by atoms with E-state index in [0.717, 1.165) is 4.31 Å². The van der Waals surface area contributed by atoms with Crippen LogP contribution in [0.15, 0.2) is 112 Å². The fraction of sp³-hybridized carbons (Fsp3) is 0.138. The SMILES string of the molecule is Cc1ccccc1N(CC(=O)NN=Cc1ccc(OCC(=O)NCc2ccco2)cc1)S(=O)(=O)c1ccccc1. The molecule has 0 radical (unpaired) electrons. The van der Waals surface area contributed by atoms with E-state index in [2.05, 4.69) is 15.8 Å². The van der Waals surface area contributed by atoms with Crippen molar-refractivity contribution in [2.75, 3.05) is 17.5 Å². The van der Waals surface area contributed by atoms with Crippen molar-refractivity contribution in [2.45, 2.75) is 18.4 Å². The van der Waals surface area contributed by atoms with Gasteiger partial charge in [-0.3, -0.25) is 13.9 Å². The summed E-state index contributed by atoms with van der Waals surface area (Å²) in [4.78, 5) is 24.8. The number of ether oxygens (including phenoxy) is 1. The summed E-state index contributed by atoms with van der Waals surface area (Å²) in [5, 5.41) is 6.65. The molecule has 0 aliphatic rings.